The molecule has 248 valence electrons. The van der Waals surface area contributed by atoms with E-state index in [4.69, 9.17) is 4.55 Å². The van der Waals surface area contributed by atoms with E-state index in [1.807, 2.05) is 0 Å². The first kappa shape index (κ1) is 36.3. The van der Waals surface area contributed by atoms with E-state index >= 15 is 0 Å². The molecule has 0 amide bonds. The number of phenolic OH excluding ortho intramolecular Hbond substituents is 1. The van der Waals surface area contributed by atoms with Crippen LogP contribution in [0.1, 0.15) is 0 Å². The molecule has 0 atom stereocenters. The topological polar surface area (TPSA) is 360 Å². The molecule has 0 bridgehead atoms. The zero-order valence-corrected chi connectivity index (χ0v) is 26.1. The number of aromatic hydroxyl groups is 1. The summed E-state index contributed by atoms with van der Waals surface area (Å²) in [4.78, 5) is -6.26. The van der Waals surface area contributed by atoms with Gasteiger partial charge in [-0.15, -0.1) is 10.2 Å². The fraction of sp³-hybridized carbons (Fsp3) is 0.111. The number of phenols is 1. The monoisotopic (exact) mass is 756 g/mol. The summed E-state index contributed by atoms with van der Waals surface area (Å²) in [6, 6.07) is 2.43. The smallest absolute Gasteiger partial charge is 0.397 e. The predicted octanol–water partition coefficient (Wildman–Crippen LogP) is 0.541. The third-order valence-corrected chi connectivity index (χ3v) is 11.0. The Bertz CT molecular complexity index is 2440. The van der Waals surface area contributed by atoms with Crippen molar-refractivity contribution in [1.82, 2.24) is 0 Å². The maximum Gasteiger partial charge on any atom is 0.397 e. The highest BCUT2D eigenvalue weighted by Crippen LogP contribution is 2.45. The van der Waals surface area contributed by atoms with E-state index in [9.17, 15) is 73.8 Å². The largest absolute Gasteiger partial charge is 0.505 e. The maximum absolute atomic E-state index is 12.5. The molecule has 3 aromatic carbocycles. The van der Waals surface area contributed by atoms with Crippen LogP contribution in [0.3, 0.4) is 0 Å². The van der Waals surface area contributed by atoms with Crippen molar-refractivity contribution in [2.45, 2.75) is 24.5 Å². The Morgan fingerprint density at radius 3 is 1.62 bits per heavy atom. The molecule has 0 aromatic heterocycles. The second-order valence-corrected chi connectivity index (χ2v) is 17.2. The normalized spacial score (nSPS) is 13.9. The lowest BCUT2D eigenvalue weighted by Gasteiger charge is -2.13. The van der Waals surface area contributed by atoms with E-state index in [0.717, 1.165) is 0 Å². The van der Waals surface area contributed by atoms with Gasteiger partial charge in [-0.25, -0.2) is 12.6 Å². The first-order chi connectivity index (χ1) is 20.1. The summed E-state index contributed by atoms with van der Waals surface area (Å²) in [6.45, 7) is -1.12. The van der Waals surface area contributed by atoms with Gasteiger partial charge < -0.3 is 5.11 Å². The van der Waals surface area contributed by atoms with Crippen molar-refractivity contribution in [2.75, 3.05) is 12.4 Å². The van der Waals surface area contributed by atoms with Crippen LogP contribution in [0.4, 0.5) is 11.4 Å². The lowest BCUT2D eigenvalue weighted by Crippen LogP contribution is -2.16. The molecule has 0 fully saturated rings. The highest BCUT2D eigenvalue weighted by Gasteiger charge is 2.29. The molecule has 0 unspecified atom stereocenters. The average molecular weight is 757 g/mol. The van der Waals surface area contributed by atoms with Gasteiger partial charge in [-0.2, -0.15) is 42.1 Å². The molecular formula is C18H16N2O19S6. The van der Waals surface area contributed by atoms with Crippen molar-refractivity contribution >= 4 is 82.9 Å². The molecule has 6 N–H and O–H groups in total. The van der Waals surface area contributed by atoms with Crippen LogP contribution in [0.25, 0.3) is 10.8 Å². The molecule has 0 aliphatic carbocycles. The number of rotatable bonds is 11. The van der Waals surface area contributed by atoms with Crippen LogP contribution in [0, 0.1) is 0 Å². The van der Waals surface area contributed by atoms with Crippen LogP contribution in [-0.4, -0.2) is 90.7 Å². The summed E-state index contributed by atoms with van der Waals surface area (Å²) < 4.78 is 192. The fourth-order valence-corrected chi connectivity index (χ4v) is 7.77. The molecule has 0 heterocycles. The van der Waals surface area contributed by atoms with E-state index in [0.29, 0.717) is 30.3 Å². The van der Waals surface area contributed by atoms with Crippen LogP contribution >= 0.6 is 0 Å². The third-order valence-electron chi connectivity index (χ3n) is 5.35. The van der Waals surface area contributed by atoms with Crippen molar-refractivity contribution in [3.8, 4) is 5.75 Å². The van der Waals surface area contributed by atoms with Gasteiger partial charge in [0.05, 0.1) is 22.2 Å². The summed E-state index contributed by atoms with van der Waals surface area (Å²) in [7, 11) is -31.2. The van der Waals surface area contributed by atoms with Gasteiger partial charge >= 0.3 is 10.4 Å². The summed E-state index contributed by atoms with van der Waals surface area (Å²) >= 11 is 0. The molecule has 0 aliphatic heterocycles. The number of azo groups is 1. The van der Waals surface area contributed by atoms with Crippen molar-refractivity contribution in [3.05, 3.63) is 36.4 Å². The molecule has 0 saturated heterocycles. The Morgan fingerprint density at radius 1 is 0.600 bits per heavy atom. The Hall–Kier alpha value is -3.22. The van der Waals surface area contributed by atoms with Gasteiger partial charge in [0.25, 0.3) is 40.5 Å². The SMILES string of the molecule is O=S(=O)(O)OCCS(=O)(=O)c1ccc(N=Nc2c(S(=O)(=O)O)cc3cc(S(=O)(=O)O)cc(S(=O)(=O)O)c3c2O)c(S(=O)(=O)O)c1. The van der Waals surface area contributed by atoms with E-state index in [-0.39, 0.29) is 6.07 Å². The molecule has 0 saturated carbocycles. The standard InChI is InChI=1S/C18H16N2O19S6/c21-18-16-9(5-11(41(24,25)26)8-14(16)43(30,31)32)6-15(44(33,34)35)17(18)20-19-12-2-1-10(7-13(12)42(27,28)29)40(22,23)4-3-39-45(36,37)38/h1-2,5-8,21H,3-4H2,(H,24,25,26)(H,27,28,29)(H,30,31,32)(H,33,34,35)(H,36,37,38). The number of hydrogen-bond acceptors (Lipinski definition) is 16. The maximum atomic E-state index is 12.5. The number of fused-ring (bicyclic) bond motifs is 1. The minimum absolute atomic E-state index is 0.164. The molecule has 0 spiro atoms. The summed E-state index contributed by atoms with van der Waals surface area (Å²) in [6.07, 6.45) is 0. The van der Waals surface area contributed by atoms with Gasteiger partial charge in [-0.1, -0.05) is 0 Å². The fourth-order valence-electron chi connectivity index (χ4n) is 3.52. The Kier molecular flexibility index (Phi) is 9.55. The predicted molar refractivity (Wildman–Crippen MR) is 145 cm³/mol. The lowest BCUT2D eigenvalue weighted by atomic mass is 10.1. The first-order valence-corrected chi connectivity index (χ1v) is 19.5. The first-order valence-electron chi connectivity index (χ1n) is 10.8. The third kappa shape index (κ3) is 8.53. The van der Waals surface area contributed by atoms with Gasteiger partial charge in [-0.3, -0.25) is 22.8 Å². The molecular weight excluding hydrogens is 741 g/mol. The molecule has 0 radical (unpaired) electrons. The van der Waals surface area contributed by atoms with Crippen LogP contribution in [0.15, 0.2) is 71.1 Å². The summed E-state index contributed by atoms with van der Waals surface area (Å²) in [5.74, 6) is -2.67. The Morgan fingerprint density at radius 2 is 1.13 bits per heavy atom. The van der Waals surface area contributed by atoms with Gasteiger partial charge in [0.2, 0.25) is 0 Å². The van der Waals surface area contributed by atoms with E-state index in [1.54, 1.807) is 0 Å². The van der Waals surface area contributed by atoms with Crippen LogP contribution in [-0.2, 0) is 64.9 Å². The van der Waals surface area contributed by atoms with E-state index in [2.05, 4.69) is 14.4 Å². The molecule has 45 heavy (non-hydrogen) atoms. The quantitative estimate of drug-likeness (QED) is 0.115. The zero-order chi connectivity index (χ0) is 34.6. The van der Waals surface area contributed by atoms with Gasteiger partial charge in [0, 0.05) is 5.39 Å². The molecule has 0 aliphatic rings. The molecule has 3 aromatic rings. The van der Waals surface area contributed by atoms with Crippen LogP contribution < -0.4 is 0 Å². The Labute approximate surface area is 253 Å². The highest BCUT2D eigenvalue weighted by atomic mass is 32.3. The van der Waals surface area contributed by atoms with Crippen molar-refractivity contribution in [3.63, 3.8) is 0 Å². The second-order valence-electron chi connectivity index (χ2n) is 8.39. The molecule has 3 rings (SSSR count). The number of benzene rings is 3. The van der Waals surface area contributed by atoms with Crippen molar-refractivity contribution in [2.24, 2.45) is 10.2 Å². The Balaban J connectivity index is 2.32. The minimum Gasteiger partial charge on any atom is -0.505 e. The highest BCUT2D eigenvalue weighted by molar-refractivity contribution is 7.91. The number of sulfone groups is 1. The van der Waals surface area contributed by atoms with Gasteiger partial charge in [-0.05, 0) is 41.8 Å². The van der Waals surface area contributed by atoms with Crippen LogP contribution in [0.5, 0.6) is 5.75 Å². The van der Waals surface area contributed by atoms with Gasteiger partial charge in [0.15, 0.2) is 15.6 Å². The average Bonchev–Trinajstić information content (AvgIpc) is 2.84. The van der Waals surface area contributed by atoms with Crippen LogP contribution in [0.2, 0.25) is 0 Å². The van der Waals surface area contributed by atoms with E-state index in [1.165, 1.54) is 0 Å². The van der Waals surface area contributed by atoms with E-state index < -0.39 is 125 Å². The molecule has 27 heteroatoms. The zero-order valence-electron chi connectivity index (χ0n) is 21.2. The van der Waals surface area contributed by atoms with Gasteiger partial charge in [0.1, 0.15) is 26.1 Å². The minimum atomic E-state index is -5.49. The number of hydrogen-bond donors (Lipinski definition) is 6. The second kappa shape index (κ2) is 11.9. The summed E-state index contributed by atoms with van der Waals surface area (Å²) in [5.41, 5.74) is -2.32. The lowest BCUT2D eigenvalue weighted by molar-refractivity contribution is 0.284. The summed E-state index contributed by atoms with van der Waals surface area (Å²) in [5, 5.41) is 15.5. The van der Waals surface area contributed by atoms with Crippen molar-refractivity contribution < 1.29 is 82.6 Å². The number of nitrogens with zero attached hydrogens (tertiary/aromatic N) is 2. The molecule has 21 nitrogen and oxygen atoms in total. The van der Waals surface area contributed by atoms with Crippen molar-refractivity contribution in [1.29, 1.82) is 0 Å².